The summed E-state index contributed by atoms with van der Waals surface area (Å²) in [6.07, 6.45) is 1.60. The smallest absolute Gasteiger partial charge is 0.123 e. The van der Waals surface area contributed by atoms with Gasteiger partial charge in [-0.15, -0.1) is 0 Å². The van der Waals surface area contributed by atoms with Crippen LogP contribution in [0.2, 0.25) is 5.02 Å². The van der Waals surface area contributed by atoms with Crippen LogP contribution in [0.1, 0.15) is 42.8 Å². The van der Waals surface area contributed by atoms with Crippen molar-refractivity contribution in [2.75, 3.05) is 0 Å². The molecule has 1 atom stereocenters. The lowest BCUT2D eigenvalue weighted by molar-refractivity contribution is 0.475. The molecule has 1 aromatic carbocycles. The van der Waals surface area contributed by atoms with Gasteiger partial charge in [-0.25, -0.2) is 9.82 Å². The van der Waals surface area contributed by atoms with Crippen molar-refractivity contribution in [3.8, 4) is 0 Å². The third kappa shape index (κ3) is 2.70. The Morgan fingerprint density at radius 1 is 1.40 bits per heavy atom. The van der Waals surface area contributed by atoms with Gasteiger partial charge in [0, 0.05) is 6.04 Å². The van der Waals surface area contributed by atoms with Crippen LogP contribution in [0.25, 0.3) is 0 Å². The van der Waals surface area contributed by atoms with E-state index in [-0.39, 0.29) is 17.9 Å². The highest BCUT2D eigenvalue weighted by Gasteiger charge is 2.23. The molecule has 0 amide bonds. The summed E-state index contributed by atoms with van der Waals surface area (Å²) in [6.45, 7) is 5.86. The highest BCUT2D eigenvalue weighted by molar-refractivity contribution is 6.31. The molecule has 4 nitrogen and oxygen atoms in total. The Kier molecular flexibility index (Phi) is 4.42. The number of nitrogens with two attached hydrogens (primary N) is 1. The number of hydrogen-bond acceptors (Lipinski definition) is 3. The third-order valence-electron chi connectivity index (χ3n) is 3.26. The number of nitrogens with one attached hydrogen (secondary N) is 1. The lowest BCUT2D eigenvalue weighted by atomic mass is 9.98. The van der Waals surface area contributed by atoms with Crippen LogP contribution in [0.5, 0.6) is 0 Å². The van der Waals surface area contributed by atoms with Crippen LogP contribution in [0.4, 0.5) is 4.39 Å². The van der Waals surface area contributed by atoms with Crippen LogP contribution >= 0.6 is 11.6 Å². The molecule has 0 saturated carbocycles. The quantitative estimate of drug-likeness (QED) is 0.673. The second kappa shape index (κ2) is 5.91. The van der Waals surface area contributed by atoms with E-state index in [1.165, 1.54) is 12.1 Å². The number of halogens is 2. The molecule has 0 saturated heterocycles. The van der Waals surface area contributed by atoms with Crippen molar-refractivity contribution in [1.29, 1.82) is 0 Å². The molecule has 0 fully saturated rings. The van der Waals surface area contributed by atoms with Gasteiger partial charge in [0.2, 0.25) is 0 Å². The summed E-state index contributed by atoms with van der Waals surface area (Å²) in [5.74, 6) is 5.42. The first-order chi connectivity index (χ1) is 9.45. The number of aryl methyl sites for hydroxylation is 1. The van der Waals surface area contributed by atoms with E-state index in [9.17, 15) is 4.39 Å². The third-order valence-corrected chi connectivity index (χ3v) is 3.55. The highest BCUT2D eigenvalue weighted by Crippen LogP contribution is 2.31. The van der Waals surface area contributed by atoms with Crippen LogP contribution in [0.15, 0.2) is 24.4 Å². The molecule has 108 valence electrons. The Labute approximate surface area is 122 Å². The van der Waals surface area contributed by atoms with Gasteiger partial charge in [0.05, 0.1) is 23.0 Å². The van der Waals surface area contributed by atoms with Crippen molar-refractivity contribution in [2.45, 2.75) is 32.9 Å². The Bertz CT molecular complexity index is 609. The molecule has 6 heteroatoms. The molecular weight excluding hydrogens is 279 g/mol. The lowest BCUT2D eigenvalue weighted by Gasteiger charge is -2.22. The number of nitrogens with zero attached hydrogens (tertiary/aromatic N) is 2. The van der Waals surface area contributed by atoms with Gasteiger partial charge in [-0.1, -0.05) is 17.7 Å². The van der Waals surface area contributed by atoms with Crippen molar-refractivity contribution < 1.29 is 4.39 Å². The fourth-order valence-electron chi connectivity index (χ4n) is 2.31. The van der Waals surface area contributed by atoms with Crippen LogP contribution in [0, 0.1) is 12.7 Å². The zero-order chi connectivity index (χ0) is 14.9. The molecule has 1 heterocycles. The number of rotatable bonds is 4. The molecular formula is C14H18ClFN4. The summed E-state index contributed by atoms with van der Waals surface area (Å²) >= 11 is 6.24. The van der Waals surface area contributed by atoms with E-state index in [0.29, 0.717) is 5.02 Å². The summed E-state index contributed by atoms with van der Waals surface area (Å²) in [5.41, 5.74) is 5.21. The predicted octanol–water partition coefficient (Wildman–Crippen LogP) is 3.12. The standard InChI is InChI=1S/C14H18ClFN4/c1-8(2)20-14(12(15)7-18-20)13(19-17)11-5-4-10(16)6-9(11)3/h4-8,13,19H,17H2,1-3H3. The van der Waals surface area contributed by atoms with Crippen molar-refractivity contribution >= 4 is 11.6 Å². The van der Waals surface area contributed by atoms with Gasteiger partial charge in [0.25, 0.3) is 0 Å². The monoisotopic (exact) mass is 296 g/mol. The summed E-state index contributed by atoms with van der Waals surface area (Å²) < 4.78 is 15.1. The van der Waals surface area contributed by atoms with E-state index in [2.05, 4.69) is 10.5 Å². The maximum Gasteiger partial charge on any atom is 0.123 e. The molecule has 2 aromatic rings. The Morgan fingerprint density at radius 2 is 2.10 bits per heavy atom. The van der Waals surface area contributed by atoms with Crippen molar-refractivity contribution in [3.63, 3.8) is 0 Å². The largest absolute Gasteiger partial charge is 0.271 e. The van der Waals surface area contributed by atoms with Gasteiger partial charge >= 0.3 is 0 Å². The number of benzene rings is 1. The van der Waals surface area contributed by atoms with E-state index in [4.69, 9.17) is 17.4 Å². The normalized spacial score (nSPS) is 12.9. The molecule has 1 aromatic heterocycles. The predicted molar refractivity (Wildman–Crippen MR) is 77.9 cm³/mol. The fraction of sp³-hybridized carbons (Fsp3) is 0.357. The molecule has 3 N–H and O–H groups in total. The summed E-state index contributed by atoms with van der Waals surface area (Å²) in [4.78, 5) is 0. The molecule has 0 spiro atoms. The van der Waals surface area contributed by atoms with Crippen molar-refractivity contribution in [2.24, 2.45) is 5.84 Å². The Balaban J connectivity index is 2.55. The zero-order valence-electron chi connectivity index (χ0n) is 11.7. The van der Waals surface area contributed by atoms with E-state index in [1.807, 2.05) is 25.5 Å². The minimum absolute atomic E-state index is 0.147. The average Bonchev–Trinajstić information content (AvgIpc) is 2.75. The van der Waals surface area contributed by atoms with Gasteiger partial charge < -0.3 is 0 Å². The van der Waals surface area contributed by atoms with E-state index < -0.39 is 0 Å². The first-order valence-corrected chi connectivity index (χ1v) is 6.78. The van der Waals surface area contributed by atoms with Gasteiger partial charge in [0.15, 0.2) is 0 Å². The first kappa shape index (κ1) is 15.0. The molecule has 0 aliphatic rings. The van der Waals surface area contributed by atoms with Crippen molar-refractivity contribution in [3.05, 3.63) is 52.1 Å². The second-order valence-electron chi connectivity index (χ2n) is 5.02. The van der Waals surface area contributed by atoms with E-state index in [0.717, 1.165) is 16.8 Å². The number of hydrazine groups is 1. The van der Waals surface area contributed by atoms with Gasteiger partial charge in [-0.05, 0) is 44.0 Å². The molecule has 0 aliphatic carbocycles. The maximum absolute atomic E-state index is 13.2. The highest BCUT2D eigenvalue weighted by atomic mass is 35.5. The summed E-state index contributed by atoms with van der Waals surface area (Å²) in [7, 11) is 0. The topological polar surface area (TPSA) is 55.9 Å². The van der Waals surface area contributed by atoms with Gasteiger partial charge in [-0.2, -0.15) is 5.10 Å². The summed E-state index contributed by atoms with van der Waals surface area (Å²) in [6, 6.07) is 4.41. The van der Waals surface area contributed by atoms with Crippen LogP contribution in [0.3, 0.4) is 0 Å². The van der Waals surface area contributed by atoms with Crippen molar-refractivity contribution in [1.82, 2.24) is 15.2 Å². The first-order valence-electron chi connectivity index (χ1n) is 6.40. The van der Waals surface area contributed by atoms with Gasteiger partial charge in [-0.3, -0.25) is 10.5 Å². The van der Waals surface area contributed by atoms with Gasteiger partial charge in [0.1, 0.15) is 5.82 Å². The van der Waals surface area contributed by atoms with E-state index in [1.54, 1.807) is 12.3 Å². The minimum atomic E-state index is -0.340. The number of aromatic nitrogens is 2. The zero-order valence-corrected chi connectivity index (χ0v) is 12.4. The van der Waals surface area contributed by atoms with E-state index >= 15 is 0 Å². The second-order valence-corrected chi connectivity index (χ2v) is 5.42. The van der Waals surface area contributed by atoms with Crippen LogP contribution in [-0.2, 0) is 0 Å². The lowest BCUT2D eigenvalue weighted by Crippen LogP contribution is -2.31. The number of hydrogen-bond donors (Lipinski definition) is 2. The summed E-state index contributed by atoms with van der Waals surface area (Å²) in [5, 5.41) is 4.80. The Hall–Kier alpha value is -1.43. The molecule has 2 rings (SSSR count). The average molecular weight is 297 g/mol. The molecule has 0 bridgehead atoms. The SMILES string of the molecule is Cc1cc(F)ccc1C(NN)c1c(Cl)cnn1C(C)C. The fourth-order valence-corrected chi connectivity index (χ4v) is 2.55. The molecule has 20 heavy (non-hydrogen) atoms. The van der Waals surface area contributed by atoms with Crippen LogP contribution in [-0.4, -0.2) is 9.78 Å². The van der Waals surface area contributed by atoms with Crippen LogP contribution < -0.4 is 11.3 Å². The molecule has 0 aliphatic heterocycles. The minimum Gasteiger partial charge on any atom is -0.271 e. The molecule has 1 unspecified atom stereocenters. The molecule has 0 radical (unpaired) electrons. The Morgan fingerprint density at radius 3 is 2.65 bits per heavy atom. The maximum atomic E-state index is 13.2.